The van der Waals surface area contributed by atoms with Gasteiger partial charge in [0.2, 0.25) is 5.91 Å². The fourth-order valence-electron chi connectivity index (χ4n) is 3.57. The number of nitrogens with zero attached hydrogens (tertiary/aromatic N) is 1. The van der Waals surface area contributed by atoms with Gasteiger partial charge in [-0.3, -0.25) is 9.59 Å². The van der Waals surface area contributed by atoms with E-state index in [0.29, 0.717) is 14.9 Å². The van der Waals surface area contributed by atoms with Gasteiger partial charge in [0.05, 0.1) is 12.3 Å². The molecule has 10 heteroatoms. The third-order valence-electron chi connectivity index (χ3n) is 5.06. The Morgan fingerprint density at radius 3 is 2.48 bits per heavy atom. The van der Waals surface area contributed by atoms with Crippen LogP contribution in [0.3, 0.4) is 0 Å². The summed E-state index contributed by atoms with van der Waals surface area (Å²) in [6, 6.07) is 8.01. The second-order valence-corrected chi connectivity index (χ2v) is 9.86. The molecule has 2 atom stereocenters. The number of ether oxygens (including phenoxy) is 1. The Morgan fingerprint density at radius 2 is 1.91 bits per heavy atom. The van der Waals surface area contributed by atoms with E-state index in [9.17, 15) is 18.8 Å². The van der Waals surface area contributed by atoms with Crippen molar-refractivity contribution in [1.29, 1.82) is 0 Å². The number of nitrogens with one attached hydrogen (secondary N) is 2. The lowest BCUT2D eigenvalue weighted by molar-refractivity contribution is -0.137. The second-order valence-electron chi connectivity index (χ2n) is 8.61. The zero-order valence-corrected chi connectivity index (χ0v) is 20.6. The summed E-state index contributed by atoms with van der Waals surface area (Å²) in [5.74, 6) is -1.35. The molecule has 1 aliphatic rings. The Bertz CT molecular complexity index is 1060. The molecule has 1 saturated heterocycles. The number of halogens is 2. The van der Waals surface area contributed by atoms with Crippen molar-refractivity contribution in [2.24, 2.45) is 5.41 Å². The zero-order chi connectivity index (χ0) is 24.3. The number of hydrogen-bond acceptors (Lipinski definition) is 5. The van der Waals surface area contributed by atoms with Crippen LogP contribution < -0.4 is 15.4 Å². The lowest BCUT2D eigenvalue weighted by Gasteiger charge is -2.34. The molecule has 3 rings (SSSR count). The number of aliphatic hydroxyl groups excluding tert-OH is 1. The third-order valence-corrected chi connectivity index (χ3v) is 5.73. The van der Waals surface area contributed by atoms with E-state index in [2.05, 4.69) is 10.6 Å². The van der Waals surface area contributed by atoms with Crippen LogP contribution in [-0.4, -0.2) is 47.1 Å². The summed E-state index contributed by atoms with van der Waals surface area (Å²) in [7, 11) is 0. The van der Waals surface area contributed by atoms with Crippen molar-refractivity contribution in [2.75, 3.05) is 18.5 Å². The topological polar surface area (TPSA) is 108 Å². The molecule has 176 valence electrons. The zero-order valence-electron chi connectivity index (χ0n) is 18.4. The molecule has 0 aromatic heterocycles. The summed E-state index contributed by atoms with van der Waals surface area (Å²) in [5.41, 5.74) is -0.339. The SMILES string of the molecule is CC(C)(C)C(C(=O)Nc1ccc(I)cc1F)N1C(=O)NC(c2ccc(OCCO)cc2)C1=O. The van der Waals surface area contributed by atoms with E-state index in [-0.39, 0.29) is 18.9 Å². The molecule has 1 aliphatic heterocycles. The Labute approximate surface area is 204 Å². The van der Waals surface area contributed by atoms with E-state index in [1.807, 2.05) is 22.6 Å². The quantitative estimate of drug-likeness (QED) is 0.350. The summed E-state index contributed by atoms with van der Waals surface area (Å²) < 4.78 is 20.3. The normalized spacial score (nSPS) is 17.0. The summed E-state index contributed by atoms with van der Waals surface area (Å²) in [6.07, 6.45) is 0. The first-order chi connectivity index (χ1) is 15.5. The van der Waals surface area contributed by atoms with Crippen LogP contribution in [0.25, 0.3) is 0 Å². The van der Waals surface area contributed by atoms with Crippen LogP contribution in [0.5, 0.6) is 5.75 Å². The molecule has 8 nitrogen and oxygen atoms in total. The minimum Gasteiger partial charge on any atom is -0.491 e. The molecule has 0 bridgehead atoms. The van der Waals surface area contributed by atoms with Crippen molar-refractivity contribution in [1.82, 2.24) is 10.2 Å². The Balaban J connectivity index is 1.85. The molecular weight excluding hydrogens is 544 g/mol. The van der Waals surface area contributed by atoms with Gasteiger partial charge in [-0.15, -0.1) is 0 Å². The molecule has 0 aliphatic carbocycles. The molecular formula is C23H25FIN3O5. The number of amides is 4. The van der Waals surface area contributed by atoms with Crippen molar-refractivity contribution in [3.05, 3.63) is 57.4 Å². The fourth-order valence-corrected chi connectivity index (χ4v) is 4.03. The summed E-state index contributed by atoms with van der Waals surface area (Å²) in [6.45, 7) is 5.18. The van der Waals surface area contributed by atoms with E-state index in [0.717, 1.165) is 4.90 Å². The minimum absolute atomic E-state index is 0.0308. The number of benzene rings is 2. The van der Waals surface area contributed by atoms with Gasteiger partial charge in [0.1, 0.15) is 30.3 Å². The minimum atomic E-state index is -1.18. The summed E-state index contributed by atoms with van der Waals surface area (Å²) in [5, 5.41) is 14.0. The number of carbonyl (C=O) groups is 3. The maximum absolute atomic E-state index is 14.3. The second kappa shape index (κ2) is 10.0. The Kier molecular flexibility index (Phi) is 7.58. The standard InChI is InChI=1S/C23H25FIN3O5/c1-23(2,3)19(20(30)26-17-9-6-14(25)12-16(17)24)28-21(31)18(27-22(28)32)13-4-7-15(8-5-13)33-11-10-29/h4-9,12,18-19,29H,10-11H2,1-3H3,(H,26,30)(H,27,32). The molecule has 3 N–H and O–H groups in total. The molecule has 0 saturated carbocycles. The molecule has 0 radical (unpaired) electrons. The lowest BCUT2D eigenvalue weighted by atomic mass is 9.84. The highest BCUT2D eigenvalue weighted by Crippen LogP contribution is 2.33. The van der Waals surface area contributed by atoms with Gasteiger partial charge in [-0.05, 0) is 63.9 Å². The monoisotopic (exact) mass is 569 g/mol. The number of rotatable bonds is 7. The summed E-state index contributed by atoms with van der Waals surface area (Å²) >= 11 is 1.96. The van der Waals surface area contributed by atoms with E-state index < -0.39 is 41.2 Å². The maximum Gasteiger partial charge on any atom is 0.325 e. The van der Waals surface area contributed by atoms with E-state index in [1.54, 1.807) is 51.1 Å². The van der Waals surface area contributed by atoms with Crippen LogP contribution in [0.4, 0.5) is 14.9 Å². The van der Waals surface area contributed by atoms with Crippen molar-refractivity contribution in [3.63, 3.8) is 0 Å². The van der Waals surface area contributed by atoms with E-state index in [4.69, 9.17) is 9.84 Å². The van der Waals surface area contributed by atoms with Gasteiger partial charge in [-0.2, -0.15) is 0 Å². The highest BCUT2D eigenvalue weighted by atomic mass is 127. The van der Waals surface area contributed by atoms with Crippen LogP contribution in [0.15, 0.2) is 42.5 Å². The largest absolute Gasteiger partial charge is 0.491 e. The first kappa shape index (κ1) is 24.9. The molecule has 1 heterocycles. The van der Waals surface area contributed by atoms with Gasteiger partial charge in [-0.25, -0.2) is 14.1 Å². The van der Waals surface area contributed by atoms with Crippen LogP contribution in [0, 0.1) is 14.8 Å². The predicted octanol–water partition coefficient (Wildman–Crippen LogP) is 3.45. The van der Waals surface area contributed by atoms with Gasteiger partial charge in [0, 0.05) is 3.57 Å². The van der Waals surface area contributed by atoms with Gasteiger partial charge in [-0.1, -0.05) is 32.9 Å². The van der Waals surface area contributed by atoms with E-state index in [1.165, 1.54) is 12.1 Å². The number of urea groups is 1. The van der Waals surface area contributed by atoms with Crippen molar-refractivity contribution in [2.45, 2.75) is 32.9 Å². The van der Waals surface area contributed by atoms with Gasteiger partial charge < -0.3 is 20.5 Å². The van der Waals surface area contributed by atoms with Gasteiger partial charge >= 0.3 is 6.03 Å². The molecule has 2 aromatic rings. The number of imide groups is 1. The van der Waals surface area contributed by atoms with Crippen LogP contribution in [0.2, 0.25) is 0 Å². The number of aliphatic hydroxyl groups is 1. The van der Waals surface area contributed by atoms with Crippen LogP contribution >= 0.6 is 22.6 Å². The molecule has 33 heavy (non-hydrogen) atoms. The van der Waals surface area contributed by atoms with Crippen molar-refractivity contribution in [3.8, 4) is 5.75 Å². The predicted molar refractivity (Wildman–Crippen MR) is 128 cm³/mol. The van der Waals surface area contributed by atoms with Crippen molar-refractivity contribution >= 4 is 46.1 Å². The first-order valence-electron chi connectivity index (χ1n) is 10.3. The van der Waals surface area contributed by atoms with E-state index >= 15 is 0 Å². The molecule has 0 spiro atoms. The van der Waals surface area contributed by atoms with Gasteiger partial charge in [0.25, 0.3) is 5.91 Å². The smallest absolute Gasteiger partial charge is 0.325 e. The number of anilines is 1. The third kappa shape index (κ3) is 5.61. The Morgan fingerprint density at radius 1 is 1.24 bits per heavy atom. The maximum atomic E-state index is 14.3. The van der Waals surface area contributed by atoms with Crippen LogP contribution in [-0.2, 0) is 9.59 Å². The number of carbonyl (C=O) groups excluding carboxylic acids is 3. The highest BCUT2D eigenvalue weighted by molar-refractivity contribution is 14.1. The van der Waals surface area contributed by atoms with Gasteiger partial charge in [0.15, 0.2) is 0 Å². The lowest BCUT2D eigenvalue weighted by Crippen LogP contribution is -2.54. The number of hydrogen-bond donors (Lipinski definition) is 3. The fraction of sp³-hybridized carbons (Fsp3) is 0.348. The first-order valence-corrected chi connectivity index (χ1v) is 11.3. The van der Waals surface area contributed by atoms with Crippen molar-refractivity contribution < 1.29 is 28.6 Å². The highest BCUT2D eigenvalue weighted by Gasteiger charge is 2.49. The molecule has 2 aromatic carbocycles. The molecule has 4 amide bonds. The molecule has 2 unspecified atom stereocenters. The average Bonchev–Trinajstić information content (AvgIpc) is 3.02. The Hall–Kier alpha value is -2.73. The van der Waals surface area contributed by atoms with Crippen LogP contribution in [0.1, 0.15) is 32.4 Å². The summed E-state index contributed by atoms with van der Waals surface area (Å²) in [4.78, 5) is 40.1. The average molecular weight is 569 g/mol. The molecule has 1 fully saturated rings.